The van der Waals surface area contributed by atoms with Crippen molar-refractivity contribution in [3.05, 3.63) is 107 Å². The van der Waals surface area contributed by atoms with Gasteiger partial charge in [0.1, 0.15) is 11.9 Å². The van der Waals surface area contributed by atoms with Crippen LogP contribution in [-0.4, -0.2) is 80.4 Å². The lowest BCUT2D eigenvalue weighted by Crippen LogP contribution is -2.54. The van der Waals surface area contributed by atoms with E-state index in [2.05, 4.69) is 31.2 Å². The minimum atomic E-state index is -4.69. The smallest absolute Gasteiger partial charge is 0.380 e. The lowest BCUT2D eigenvalue weighted by molar-refractivity contribution is -0.137. The number of aromatic nitrogens is 1. The molecule has 2 fully saturated rings. The summed E-state index contributed by atoms with van der Waals surface area (Å²) in [5.74, 6) is -1.97. The van der Waals surface area contributed by atoms with E-state index in [9.17, 15) is 40.8 Å². The van der Waals surface area contributed by atoms with E-state index in [1.165, 1.54) is 13.1 Å². The zero-order valence-electron chi connectivity index (χ0n) is 31.6. The van der Waals surface area contributed by atoms with Crippen molar-refractivity contribution >= 4 is 62.2 Å². The van der Waals surface area contributed by atoms with Crippen LogP contribution in [0, 0.1) is 0 Å². The maximum atomic E-state index is 14.0. The van der Waals surface area contributed by atoms with Gasteiger partial charge < -0.3 is 20.9 Å². The first-order valence-electron chi connectivity index (χ1n) is 18.6. The fourth-order valence-corrected chi connectivity index (χ4v) is 7.88. The summed E-state index contributed by atoms with van der Waals surface area (Å²) >= 11 is 0. The van der Waals surface area contributed by atoms with Crippen LogP contribution in [0.1, 0.15) is 63.1 Å². The van der Waals surface area contributed by atoms with Crippen molar-refractivity contribution in [2.75, 3.05) is 46.2 Å². The highest BCUT2D eigenvalue weighted by atomic mass is 32.2. The first-order valence-corrected chi connectivity index (χ1v) is 20.4. The molecular formula is C40H41F3N8O6S. The third-order valence-electron chi connectivity index (χ3n) is 10.6. The van der Waals surface area contributed by atoms with Crippen LogP contribution < -0.4 is 30.5 Å². The predicted octanol–water partition coefficient (Wildman–Crippen LogP) is 5.01. The lowest BCUT2D eigenvalue weighted by atomic mass is 10.0. The topological polar surface area (TPSA) is 173 Å². The third kappa shape index (κ3) is 8.62. The van der Waals surface area contributed by atoms with Gasteiger partial charge in [0.05, 0.1) is 34.3 Å². The maximum absolute atomic E-state index is 14.0. The molecule has 3 aliphatic rings. The third-order valence-corrected chi connectivity index (χ3v) is 11.8. The summed E-state index contributed by atoms with van der Waals surface area (Å²) in [6, 6.07) is 19.6. The Morgan fingerprint density at radius 1 is 0.897 bits per heavy atom. The monoisotopic (exact) mass is 818 g/mol. The summed E-state index contributed by atoms with van der Waals surface area (Å²) < 4.78 is 67.3. The number of rotatable bonds is 12. The summed E-state index contributed by atoms with van der Waals surface area (Å²) in [6.07, 6.45) is -1.09. The van der Waals surface area contributed by atoms with Gasteiger partial charge in [0, 0.05) is 69.3 Å². The highest BCUT2D eigenvalue weighted by Crippen LogP contribution is 2.37. The molecule has 14 nitrogen and oxygen atoms in total. The van der Waals surface area contributed by atoms with Crippen LogP contribution in [0.5, 0.6) is 0 Å². The van der Waals surface area contributed by atoms with E-state index < -0.39 is 51.4 Å². The number of sulfonamides is 1. The van der Waals surface area contributed by atoms with Gasteiger partial charge in [0.25, 0.3) is 11.8 Å². The number of hydrogen-bond donors (Lipinski definition) is 4. The number of nitrogens with zero attached hydrogens (tertiary/aromatic N) is 4. The molecule has 3 aromatic carbocycles. The van der Waals surface area contributed by atoms with Gasteiger partial charge in [-0.1, -0.05) is 30.3 Å². The summed E-state index contributed by atoms with van der Waals surface area (Å²) in [6.45, 7) is 1.92. The number of fused-ring (bicyclic) bond motifs is 1. The first kappa shape index (κ1) is 40.2. The second-order valence-corrected chi connectivity index (χ2v) is 16.5. The average Bonchev–Trinajstić information content (AvgIpc) is 3.44. The number of piperidine rings is 2. The molecule has 4 amide bonds. The Balaban J connectivity index is 0.926. The van der Waals surface area contributed by atoms with Crippen LogP contribution in [0.4, 0.5) is 41.7 Å². The zero-order chi connectivity index (χ0) is 41.4. The standard InChI is InChI=1S/C40H41F3N8O6S/c1-49(58(2,56)57)33-6-4-3-5-25(33)22-45-32-20-35(46-23-31(32)40(41,42)43)47-27-9-7-24(8-10-27)21-44-26-15-17-50(18-16-26)28-11-12-29-30(19-28)39(55)51(38(29)54)34-13-14-36(52)48-37(34)53/h3-12,19-20,23,26,34,44H,13-18,21-22H2,1-2H3,(H2,45,46,47)(H,48,52,53). The molecule has 3 aliphatic heterocycles. The number of nitrogens with one attached hydrogen (secondary N) is 4. The van der Waals surface area contributed by atoms with E-state index in [1.54, 1.807) is 36.4 Å². The van der Waals surface area contributed by atoms with Gasteiger partial charge in [-0.3, -0.25) is 33.7 Å². The Kier molecular flexibility index (Phi) is 11.2. The second-order valence-electron chi connectivity index (χ2n) is 14.5. The molecule has 0 saturated carbocycles. The SMILES string of the molecule is CN(c1ccccc1CNc1cc(Nc2ccc(CNC3CCN(c4ccc5c(c4)C(=O)N(C4CCC(=O)NC4=O)C5=O)CC3)cc2)ncc1C(F)(F)F)S(C)(=O)=O. The molecule has 1 aromatic heterocycles. The lowest BCUT2D eigenvalue weighted by Gasteiger charge is -2.34. The van der Waals surface area contributed by atoms with Crippen LogP contribution in [0.15, 0.2) is 79.0 Å². The van der Waals surface area contributed by atoms with Crippen LogP contribution in [0.3, 0.4) is 0 Å². The van der Waals surface area contributed by atoms with Crippen molar-refractivity contribution in [2.45, 2.75) is 57.0 Å². The van der Waals surface area contributed by atoms with Gasteiger partial charge in [-0.05, 0) is 66.8 Å². The Morgan fingerprint density at radius 2 is 1.60 bits per heavy atom. The molecule has 1 unspecified atom stereocenters. The second kappa shape index (κ2) is 16.1. The number of benzene rings is 3. The fraction of sp³-hybridized carbons (Fsp3) is 0.325. The highest BCUT2D eigenvalue weighted by molar-refractivity contribution is 7.92. The normalized spacial score (nSPS) is 17.6. The van der Waals surface area contributed by atoms with E-state index in [-0.39, 0.29) is 48.1 Å². The van der Waals surface area contributed by atoms with Crippen LogP contribution >= 0.6 is 0 Å². The Morgan fingerprint density at radius 3 is 2.29 bits per heavy atom. The molecule has 2 saturated heterocycles. The molecule has 0 aliphatic carbocycles. The van der Waals surface area contributed by atoms with Crippen LogP contribution in [0.25, 0.3) is 0 Å². The molecule has 0 spiro atoms. The van der Waals surface area contributed by atoms with Crippen molar-refractivity contribution in [3.8, 4) is 0 Å². The van der Waals surface area contributed by atoms with E-state index >= 15 is 0 Å². The fourth-order valence-electron chi connectivity index (χ4n) is 7.35. The molecule has 304 valence electrons. The molecule has 18 heteroatoms. The van der Waals surface area contributed by atoms with Crippen LogP contribution in [-0.2, 0) is 38.9 Å². The van der Waals surface area contributed by atoms with Gasteiger partial charge in [-0.25, -0.2) is 13.4 Å². The number of alkyl halides is 3. The maximum Gasteiger partial charge on any atom is 0.419 e. The van der Waals surface area contributed by atoms with Crippen LogP contribution in [0.2, 0.25) is 0 Å². The van der Waals surface area contributed by atoms with E-state index in [4.69, 9.17) is 0 Å². The number of carbonyl (C=O) groups is 4. The predicted molar refractivity (Wildman–Crippen MR) is 211 cm³/mol. The minimum Gasteiger partial charge on any atom is -0.380 e. The van der Waals surface area contributed by atoms with E-state index in [0.29, 0.717) is 36.6 Å². The van der Waals surface area contributed by atoms with Gasteiger partial charge in [-0.15, -0.1) is 0 Å². The minimum absolute atomic E-state index is 0.0548. The molecule has 4 aromatic rings. The van der Waals surface area contributed by atoms with Gasteiger partial charge in [-0.2, -0.15) is 13.2 Å². The number of para-hydroxylation sites is 1. The van der Waals surface area contributed by atoms with Gasteiger partial charge in [0.2, 0.25) is 21.8 Å². The molecule has 4 heterocycles. The van der Waals surface area contributed by atoms with E-state index in [1.807, 2.05) is 30.3 Å². The quantitative estimate of drug-likeness (QED) is 0.142. The number of hydrogen-bond acceptors (Lipinski definition) is 11. The summed E-state index contributed by atoms with van der Waals surface area (Å²) in [4.78, 5) is 57.5. The van der Waals surface area contributed by atoms with Crippen molar-refractivity contribution < 1.29 is 40.8 Å². The first-order chi connectivity index (χ1) is 27.6. The Labute approximate surface area is 332 Å². The summed E-state index contributed by atoms with van der Waals surface area (Å²) in [7, 11) is -2.22. The Bertz CT molecular complexity index is 2370. The summed E-state index contributed by atoms with van der Waals surface area (Å²) in [5, 5.41) is 11.7. The van der Waals surface area contributed by atoms with Gasteiger partial charge >= 0.3 is 6.18 Å². The van der Waals surface area contributed by atoms with Crippen molar-refractivity contribution in [1.82, 2.24) is 20.5 Å². The molecule has 7 rings (SSSR count). The average molecular weight is 819 g/mol. The van der Waals surface area contributed by atoms with Gasteiger partial charge in [0.15, 0.2) is 0 Å². The van der Waals surface area contributed by atoms with E-state index in [0.717, 1.165) is 45.8 Å². The largest absolute Gasteiger partial charge is 0.419 e. The highest BCUT2D eigenvalue weighted by Gasteiger charge is 2.45. The number of amides is 4. The molecular weight excluding hydrogens is 778 g/mol. The van der Waals surface area contributed by atoms with Crippen molar-refractivity contribution in [2.24, 2.45) is 0 Å². The molecule has 4 N–H and O–H groups in total. The molecule has 58 heavy (non-hydrogen) atoms. The number of anilines is 5. The number of carbonyl (C=O) groups excluding carboxylic acids is 4. The zero-order valence-corrected chi connectivity index (χ0v) is 32.4. The van der Waals surface area contributed by atoms with Crippen molar-refractivity contribution in [1.29, 1.82) is 0 Å². The number of imide groups is 2. The molecule has 0 radical (unpaired) electrons. The van der Waals surface area contributed by atoms with Crippen molar-refractivity contribution in [3.63, 3.8) is 0 Å². The molecule has 0 bridgehead atoms. The number of pyridine rings is 1. The number of halogens is 3. The Hall–Kier alpha value is -6.01. The molecule has 1 atom stereocenters. The summed E-state index contributed by atoms with van der Waals surface area (Å²) in [5.41, 5.74) is 2.55.